The minimum absolute atomic E-state index is 0.0360. The van der Waals surface area contributed by atoms with E-state index in [0.717, 1.165) is 22.0 Å². The Hall–Kier alpha value is -0.240. The normalized spacial score (nSPS) is 11.8. The number of halogens is 2. The Morgan fingerprint density at radius 1 is 1.29 bits per heavy atom. The topological polar surface area (TPSA) is 12.0 Å². The van der Waals surface area contributed by atoms with Gasteiger partial charge in [-0.25, -0.2) is 0 Å². The van der Waals surface area contributed by atoms with E-state index in [2.05, 4.69) is 19.2 Å². The molecule has 0 radical (unpaired) electrons. The van der Waals surface area contributed by atoms with Crippen molar-refractivity contribution < 1.29 is 0 Å². The lowest BCUT2D eigenvalue weighted by atomic mass is 9.95. The van der Waals surface area contributed by atoms with E-state index < -0.39 is 0 Å². The third-order valence-corrected chi connectivity index (χ3v) is 2.92. The molecule has 1 nitrogen and oxygen atoms in total. The van der Waals surface area contributed by atoms with Crippen molar-refractivity contribution >= 4 is 23.2 Å². The van der Waals surface area contributed by atoms with E-state index in [9.17, 15) is 0 Å². The van der Waals surface area contributed by atoms with Crippen LogP contribution in [0.15, 0.2) is 18.2 Å². The maximum Gasteiger partial charge on any atom is 0.0439 e. The van der Waals surface area contributed by atoms with Gasteiger partial charge in [-0.1, -0.05) is 23.2 Å². The molecule has 0 aliphatic heterocycles. The van der Waals surface area contributed by atoms with Gasteiger partial charge in [0.05, 0.1) is 0 Å². The summed E-state index contributed by atoms with van der Waals surface area (Å²) in [6, 6.07) is 5.56. The van der Waals surface area contributed by atoms with E-state index >= 15 is 0 Å². The van der Waals surface area contributed by atoms with Gasteiger partial charge in [0.2, 0.25) is 0 Å². The molecule has 14 heavy (non-hydrogen) atoms. The molecule has 0 saturated heterocycles. The fraction of sp³-hybridized carbons (Fsp3) is 0.455. The minimum atomic E-state index is 0.0360. The molecule has 0 aromatic heterocycles. The van der Waals surface area contributed by atoms with Crippen molar-refractivity contribution in [2.75, 3.05) is 7.05 Å². The van der Waals surface area contributed by atoms with Gasteiger partial charge in [0.25, 0.3) is 0 Å². The van der Waals surface area contributed by atoms with Crippen LogP contribution in [0.25, 0.3) is 0 Å². The predicted octanol–water partition coefficient (Wildman–Crippen LogP) is 3.53. The average molecular weight is 232 g/mol. The van der Waals surface area contributed by atoms with Crippen molar-refractivity contribution in [1.29, 1.82) is 0 Å². The average Bonchev–Trinajstić information content (AvgIpc) is 2.11. The Bertz CT molecular complexity index is 321. The highest BCUT2D eigenvalue weighted by molar-refractivity contribution is 6.33. The largest absolute Gasteiger partial charge is 0.314 e. The van der Waals surface area contributed by atoms with Crippen LogP contribution < -0.4 is 5.32 Å². The Balaban J connectivity index is 2.91. The first-order chi connectivity index (χ1) is 6.44. The molecule has 0 atom stereocenters. The van der Waals surface area contributed by atoms with Gasteiger partial charge in [0, 0.05) is 15.6 Å². The summed E-state index contributed by atoms with van der Waals surface area (Å²) in [6.45, 7) is 4.26. The van der Waals surface area contributed by atoms with Crippen LogP contribution in [0.5, 0.6) is 0 Å². The van der Waals surface area contributed by atoms with E-state index in [-0.39, 0.29) is 5.54 Å². The number of rotatable bonds is 3. The number of benzene rings is 1. The highest BCUT2D eigenvalue weighted by atomic mass is 35.5. The number of hydrogen-bond donors (Lipinski definition) is 1. The summed E-state index contributed by atoms with van der Waals surface area (Å²) in [5.41, 5.74) is 1.12. The van der Waals surface area contributed by atoms with Gasteiger partial charge in [0.1, 0.15) is 0 Å². The molecule has 1 aromatic carbocycles. The molecule has 1 aromatic rings. The molecule has 1 rings (SSSR count). The van der Waals surface area contributed by atoms with Crippen LogP contribution in [0.3, 0.4) is 0 Å². The molecule has 0 saturated carbocycles. The molecular weight excluding hydrogens is 217 g/mol. The molecular formula is C11H15Cl2N. The highest BCUT2D eigenvalue weighted by Crippen LogP contribution is 2.24. The maximum absolute atomic E-state index is 6.07. The summed E-state index contributed by atoms with van der Waals surface area (Å²) in [5, 5.41) is 4.74. The first-order valence-corrected chi connectivity index (χ1v) is 5.33. The monoisotopic (exact) mass is 231 g/mol. The summed E-state index contributed by atoms with van der Waals surface area (Å²) in [7, 11) is 1.94. The van der Waals surface area contributed by atoms with Crippen LogP contribution in [0.1, 0.15) is 19.4 Å². The molecule has 0 aliphatic rings. The zero-order valence-electron chi connectivity index (χ0n) is 8.70. The number of likely N-dealkylation sites (N-methyl/N-ethyl adjacent to an activating group) is 1. The number of nitrogens with one attached hydrogen (secondary N) is 1. The molecule has 0 aliphatic carbocycles. The van der Waals surface area contributed by atoms with E-state index in [1.54, 1.807) is 6.07 Å². The van der Waals surface area contributed by atoms with Gasteiger partial charge in [-0.15, -0.1) is 0 Å². The Labute approximate surface area is 95.4 Å². The highest BCUT2D eigenvalue weighted by Gasteiger charge is 2.17. The zero-order chi connectivity index (χ0) is 10.8. The van der Waals surface area contributed by atoms with E-state index in [0.29, 0.717) is 0 Å². The quantitative estimate of drug-likeness (QED) is 0.840. The van der Waals surface area contributed by atoms with Crippen LogP contribution in [-0.4, -0.2) is 12.6 Å². The standard InChI is InChI=1S/C11H15Cl2N/c1-11(2,14-3)7-8-6-9(12)4-5-10(8)13/h4-6,14H,7H2,1-3H3. The molecule has 0 heterocycles. The lowest BCUT2D eigenvalue weighted by Gasteiger charge is -2.24. The molecule has 0 amide bonds. The lowest BCUT2D eigenvalue weighted by molar-refractivity contribution is 0.422. The second-order valence-corrected chi connectivity index (χ2v) is 4.89. The molecule has 0 unspecified atom stereocenters. The third-order valence-electron chi connectivity index (χ3n) is 2.32. The summed E-state index contributed by atoms with van der Waals surface area (Å²) >= 11 is 12.0. The minimum Gasteiger partial charge on any atom is -0.314 e. The Morgan fingerprint density at radius 3 is 2.50 bits per heavy atom. The fourth-order valence-electron chi connectivity index (χ4n) is 1.24. The van der Waals surface area contributed by atoms with Crippen molar-refractivity contribution in [2.24, 2.45) is 0 Å². The summed E-state index contributed by atoms with van der Waals surface area (Å²) in [6.07, 6.45) is 0.864. The second kappa shape index (κ2) is 4.52. The summed E-state index contributed by atoms with van der Waals surface area (Å²) in [4.78, 5) is 0. The van der Waals surface area contributed by atoms with Crippen LogP contribution >= 0.6 is 23.2 Å². The molecule has 0 bridgehead atoms. The van der Waals surface area contributed by atoms with E-state index in [4.69, 9.17) is 23.2 Å². The van der Waals surface area contributed by atoms with Crippen LogP contribution in [0.4, 0.5) is 0 Å². The fourth-order valence-corrected chi connectivity index (χ4v) is 1.62. The summed E-state index contributed by atoms with van der Waals surface area (Å²) < 4.78 is 0. The maximum atomic E-state index is 6.07. The van der Waals surface area contributed by atoms with Crippen LogP contribution in [-0.2, 0) is 6.42 Å². The van der Waals surface area contributed by atoms with E-state index in [1.165, 1.54) is 0 Å². The van der Waals surface area contributed by atoms with Crippen molar-refractivity contribution in [3.8, 4) is 0 Å². The molecule has 78 valence electrons. The van der Waals surface area contributed by atoms with Gasteiger partial charge >= 0.3 is 0 Å². The van der Waals surface area contributed by atoms with Crippen molar-refractivity contribution in [1.82, 2.24) is 5.32 Å². The Kier molecular flexibility index (Phi) is 3.82. The number of hydrogen-bond acceptors (Lipinski definition) is 1. The van der Waals surface area contributed by atoms with Gasteiger partial charge in [-0.05, 0) is 51.1 Å². The second-order valence-electron chi connectivity index (χ2n) is 4.05. The van der Waals surface area contributed by atoms with Crippen LogP contribution in [0.2, 0.25) is 10.0 Å². The molecule has 0 fully saturated rings. The summed E-state index contributed by atoms with van der Waals surface area (Å²) in [5.74, 6) is 0. The zero-order valence-corrected chi connectivity index (χ0v) is 10.2. The third kappa shape index (κ3) is 3.16. The molecule has 3 heteroatoms. The van der Waals surface area contributed by atoms with Gasteiger partial charge < -0.3 is 5.32 Å². The first kappa shape index (κ1) is 11.8. The molecule has 1 N–H and O–H groups in total. The first-order valence-electron chi connectivity index (χ1n) is 4.57. The van der Waals surface area contributed by atoms with Crippen molar-refractivity contribution in [3.05, 3.63) is 33.8 Å². The van der Waals surface area contributed by atoms with Crippen molar-refractivity contribution in [3.63, 3.8) is 0 Å². The van der Waals surface area contributed by atoms with E-state index in [1.807, 2.05) is 19.2 Å². The van der Waals surface area contributed by atoms with Gasteiger partial charge in [0.15, 0.2) is 0 Å². The van der Waals surface area contributed by atoms with Gasteiger partial charge in [-0.3, -0.25) is 0 Å². The van der Waals surface area contributed by atoms with Crippen molar-refractivity contribution in [2.45, 2.75) is 25.8 Å². The smallest absolute Gasteiger partial charge is 0.0439 e. The van der Waals surface area contributed by atoms with Gasteiger partial charge in [-0.2, -0.15) is 0 Å². The lowest BCUT2D eigenvalue weighted by Crippen LogP contribution is -2.38. The molecule has 0 spiro atoms. The SMILES string of the molecule is CNC(C)(C)Cc1cc(Cl)ccc1Cl. The predicted molar refractivity (Wildman–Crippen MR) is 63.3 cm³/mol. The Morgan fingerprint density at radius 2 is 1.93 bits per heavy atom. The van der Waals surface area contributed by atoms with Crippen LogP contribution in [0, 0.1) is 0 Å².